The monoisotopic (exact) mass is 378 g/mol. The van der Waals surface area contributed by atoms with E-state index in [4.69, 9.17) is 0 Å². The quantitative estimate of drug-likeness (QED) is 0.448. The standard InChI is InChI=1S/C4F4I2/c5-3(6)1(9)2(10)4(3,7)8. The zero-order valence-electron chi connectivity index (χ0n) is 4.27. The molecule has 0 aromatic heterocycles. The van der Waals surface area contributed by atoms with Crippen LogP contribution in [0.5, 0.6) is 0 Å². The highest BCUT2D eigenvalue weighted by Crippen LogP contribution is 2.60. The van der Waals surface area contributed by atoms with Crippen molar-refractivity contribution in [2.24, 2.45) is 0 Å². The molecule has 1 aliphatic rings. The van der Waals surface area contributed by atoms with E-state index in [9.17, 15) is 17.6 Å². The van der Waals surface area contributed by atoms with Crippen LogP contribution in [0.1, 0.15) is 0 Å². The third kappa shape index (κ3) is 0.833. The van der Waals surface area contributed by atoms with Gasteiger partial charge in [-0.3, -0.25) is 0 Å². The van der Waals surface area contributed by atoms with Gasteiger partial charge in [0.05, 0.1) is 7.16 Å². The Morgan fingerprint density at radius 3 is 1.10 bits per heavy atom. The van der Waals surface area contributed by atoms with Crippen LogP contribution in [0, 0.1) is 0 Å². The Morgan fingerprint density at radius 2 is 1.00 bits per heavy atom. The first-order valence-electron chi connectivity index (χ1n) is 2.13. The fraction of sp³-hybridized carbons (Fsp3) is 0.500. The normalized spacial score (nSPS) is 28.2. The summed E-state index contributed by atoms with van der Waals surface area (Å²) < 4.78 is 47.5. The highest BCUT2D eigenvalue weighted by molar-refractivity contribution is 14.1. The van der Waals surface area contributed by atoms with Crippen molar-refractivity contribution in [3.63, 3.8) is 0 Å². The molecule has 0 spiro atoms. The van der Waals surface area contributed by atoms with Gasteiger partial charge in [-0.2, -0.15) is 17.6 Å². The Bertz CT molecular complexity index is 185. The van der Waals surface area contributed by atoms with E-state index >= 15 is 0 Å². The van der Waals surface area contributed by atoms with Crippen molar-refractivity contribution in [3.8, 4) is 0 Å². The van der Waals surface area contributed by atoms with Crippen molar-refractivity contribution in [2.75, 3.05) is 0 Å². The number of rotatable bonds is 0. The largest absolute Gasteiger partial charge is 0.346 e. The highest BCUT2D eigenvalue weighted by atomic mass is 127. The van der Waals surface area contributed by atoms with Crippen molar-refractivity contribution in [1.82, 2.24) is 0 Å². The summed E-state index contributed by atoms with van der Waals surface area (Å²) in [5.41, 5.74) is 0. The first-order valence-corrected chi connectivity index (χ1v) is 4.29. The number of hydrogen-bond donors (Lipinski definition) is 0. The Hall–Kier alpha value is 0.920. The zero-order valence-corrected chi connectivity index (χ0v) is 8.58. The zero-order chi connectivity index (χ0) is 8.15. The second kappa shape index (κ2) is 2.20. The fourth-order valence-electron chi connectivity index (χ4n) is 0.489. The lowest BCUT2D eigenvalue weighted by Gasteiger charge is -2.35. The van der Waals surface area contributed by atoms with Gasteiger partial charge in [-0.05, 0) is 45.2 Å². The molecule has 0 saturated heterocycles. The summed E-state index contributed by atoms with van der Waals surface area (Å²) >= 11 is 2.46. The van der Waals surface area contributed by atoms with Crippen LogP contribution in [0.3, 0.4) is 0 Å². The van der Waals surface area contributed by atoms with Crippen LogP contribution < -0.4 is 0 Å². The van der Waals surface area contributed by atoms with E-state index < -0.39 is 19.0 Å². The van der Waals surface area contributed by atoms with Crippen molar-refractivity contribution in [3.05, 3.63) is 7.16 Å². The summed E-state index contributed by atoms with van der Waals surface area (Å²) in [5, 5.41) is 0. The molecule has 0 nitrogen and oxygen atoms in total. The van der Waals surface area contributed by atoms with Gasteiger partial charge in [-0.15, -0.1) is 0 Å². The molecule has 0 aliphatic heterocycles. The van der Waals surface area contributed by atoms with Crippen LogP contribution in [0.4, 0.5) is 17.6 Å². The molecule has 0 unspecified atom stereocenters. The van der Waals surface area contributed by atoms with E-state index in [1.165, 1.54) is 45.2 Å². The lowest BCUT2D eigenvalue weighted by atomic mass is 10.0. The molecule has 0 saturated carbocycles. The highest BCUT2D eigenvalue weighted by Gasteiger charge is 2.69. The van der Waals surface area contributed by atoms with Crippen molar-refractivity contribution < 1.29 is 17.6 Å². The lowest BCUT2D eigenvalue weighted by Crippen LogP contribution is -2.50. The van der Waals surface area contributed by atoms with Gasteiger partial charge in [-0.25, -0.2) is 0 Å². The molecule has 10 heavy (non-hydrogen) atoms. The van der Waals surface area contributed by atoms with Gasteiger partial charge in [0.2, 0.25) is 0 Å². The number of halogens is 6. The van der Waals surface area contributed by atoms with Gasteiger partial charge in [0.25, 0.3) is 0 Å². The van der Waals surface area contributed by atoms with Crippen LogP contribution in [0.15, 0.2) is 7.16 Å². The van der Waals surface area contributed by atoms with Gasteiger partial charge in [-0.1, -0.05) is 0 Å². The molecule has 1 aliphatic carbocycles. The molecule has 0 radical (unpaired) electrons. The molecule has 0 N–H and O–H groups in total. The van der Waals surface area contributed by atoms with E-state index in [0.717, 1.165) is 0 Å². The minimum absolute atomic E-state index is 0.546. The summed E-state index contributed by atoms with van der Waals surface area (Å²) in [6.07, 6.45) is 0. The number of hydrogen-bond acceptors (Lipinski definition) is 0. The van der Waals surface area contributed by atoms with E-state index in [2.05, 4.69) is 0 Å². The summed E-state index contributed by atoms with van der Waals surface area (Å²) in [6.45, 7) is 0. The van der Waals surface area contributed by atoms with E-state index in [-0.39, 0.29) is 0 Å². The van der Waals surface area contributed by atoms with Crippen molar-refractivity contribution in [2.45, 2.75) is 11.8 Å². The Balaban J connectivity index is 3.10. The molecule has 0 fully saturated rings. The second-order valence-corrected chi connectivity index (χ2v) is 3.93. The molecule has 6 heteroatoms. The molecular weight excluding hydrogens is 378 g/mol. The minimum Gasteiger partial charge on any atom is -0.193 e. The van der Waals surface area contributed by atoms with Crippen LogP contribution in [0.25, 0.3) is 0 Å². The van der Waals surface area contributed by atoms with Gasteiger partial charge in [0.15, 0.2) is 0 Å². The first-order chi connectivity index (χ1) is 4.32. The summed E-state index contributed by atoms with van der Waals surface area (Å²) in [7, 11) is 0. The number of alkyl halides is 4. The third-order valence-corrected chi connectivity index (χ3v) is 4.60. The predicted molar refractivity (Wildman–Crippen MR) is 45.0 cm³/mol. The molecular formula is C4F4I2. The smallest absolute Gasteiger partial charge is 0.193 e. The predicted octanol–water partition coefficient (Wildman–Crippen LogP) is 3.35. The Morgan fingerprint density at radius 1 is 0.800 bits per heavy atom. The molecule has 0 aromatic carbocycles. The van der Waals surface area contributed by atoms with Gasteiger partial charge in [0, 0.05) is 0 Å². The first kappa shape index (κ1) is 9.01. The molecule has 0 atom stereocenters. The van der Waals surface area contributed by atoms with Gasteiger partial charge >= 0.3 is 11.8 Å². The summed E-state index contributed by atoms with van der Waals surface area (Å²) in [5.74, 6) is -7.85. The lowest BCUT2D eigenvalue weighted by molar-refractivity contribution is -0.172. The second-order valence-electron chi connectivity index (χ2n) is 1.78. The van der Waals surface area contributed by atoms with E-state index in [1.807, 2.05) is 0 Å². The average Bonchev–Trinajstić information content (AvgIpc) is 1.84. The van der Waals surface area contributed by atoms with Crippen molar-refractivity contribution >= 4 is 45.2 Å². The van der Waals surface area contributed by atoms with Gasteiger partial charge in [0.1, 0.15) is 0 Å². The Kier molecular flexibility index (Phi) is 1.99. The fourth-order valence-corrected chi connectivity index (χ4v) is 1.84. The molecule has 58 valence electrons. The molecule has 0 bridgehead atoms. The SMILES string of the molecule is FC1(F)C(I)=C(I)C1(F)F. The van der Waals surface area contributed by atoms with Crippen molar-refractivity contribution in [1.29, 1.82) is 0 Å². The van der Waals surface area contributed by atoms with Crippen LogP contribution in [-0.2, 0) is 0 Å². The van der Waals surface area contributed by atoms with E-state index in [1.54, 1.807) is 0 Å². The third-order valence-electron chi connectivity index (χ3n) is 1.14. The maximum absolute atomic E-state index is 12.1. The van der Waals surface area contributed by atoms with Crippen LogP contribution >= 0.6 is 45.2 Å². The number of allylic oxidation sites excluding steroid dienone is 2. The van der Waals surface area contributed by atoms with Gasteiger partial charge < -0.3 is 0 Å². The molecule has 0 aromatic rings. The minimum atomic E-state index is -3.93. The van der Waals surface area contributed by atoms with E-state index in [0.29, 0.717) is 0 Å². The maximum atomic E-state index is 12.1. The summed E-state index contributed by atoms with van der Waals surface area (Å²) in [4.78, 5) is 0. The average molecular weight is 378 g/mol. The molecule has 0 amide bonds. The van der Waals surface area contributed by atoms with Crippen LogP contribution in [0.2, 0.25) is 0 Å². The molecule has 1 rings (SSSR count). The summed E-state index contributed by atoms with van der Waals surface area (Å²) in [6, 6.07) is 0. The maximum Gasteiger partial charge on any atom is 0.346 e. The molecule has 0 heterocycles. The Labute approximate surface area is 81.3 Å². The van der Waals surface area contributed by atoms with Crippen LogP contribution in [-0.4, -0.2) is 11.8 Å². The topological polar surface area (TPSA) is 0 Å².